The Morgan fingerprint density at radius 1 is 1.09 bits per heavy atom. The molecule has 0 spiro atoms. The van der Waals surface area contributed by atoms with Gasteiger partial charge in [-0.15, -0.1) is 11.8 Å². The fourth-order valence-electron chi connectivity index (χ4n) is 5.26. The van der Waals surface area contributed by atoms with E-state index >= 15 is 0 Å². The molecule has 0 heterocycles. The van der Waals surface area contributed by atoms with E-state index in [-0.39, 0.29) is 19.1 Å². The molecule has 4 heteroatoms. The van der Waals surface area contributed by atoms with Crippen LogP contribution in [0.1, 0.15) is 47.6 Å². The Morgan fingerprint density at radius 2 is 1.88 bits per heavy atom. The molecule has 4 nitrogen and oxygen atoms in total. The Bertz CT molecular complexity index is 1260. The highest BCUT2D eigenvalue weighted by Crippen LogP contribution is 2.54. The fraction of sp³-hybridized carbons (Fsp3) is 0.367. The number of ether oxygens (including phenoxy) is 1. The smallest absolute Gasteiger partial charge is 0.408 e. The third kappa shape index (κ3) is 4.82. The van der Waals surface area contributed by atoms with Gasteiger partial charge in [-0.2, -0.15) is 0 Å². The first-order chi connectivity index (χ1) is 16.7. The zero-order valence-electron chi connectivity index (χ0n) is 19.0. The summed E-state index contributed by atoms with van der Waals surface area (Å²) in [5.41, 5.74) is 3.80. The minimum Gasteiger partial charge on any atom is -0.441 e. The van der Waals surface area contributed by atoms with Crippen LogP contribution in [-0.2, 0) is 11.2 Å². The van der Waals surface area contributed by atoms with Crippen molar-refractivity contribution >= 4 is 6.09 Å². The first-order valence-electron chi connectivity index (χ1n) is 11.9. The number of nitrogens with one attached hydrogen (secondary N) is 1. The standard InChI is InChI=1S/C30H27NO3/c32-20-27-26-15-3-1-2-11-23(29(26)27)13-8-18-31-30(33)34-28-19-24-12-5-4-9-21(24)16-17-22-10-6-7-14-25(22)28/h4-7,9-10,12,14,23,26-29,32H,3,11,15,18-20H2,(H,31,33). The van der Waals surface area contributed by atoms with Crippen molar-refractivity contribution in [3.05, 3.63) is 70.8 Å². The maximum absolute atomic E-state index is 12.7. The summed E-state index contributed by atoms with van der Waals surface area (Å²) >= 11 is 0. The van der Waals surface area contributed by atoms with Crippen LogP contribution < -0.4 is 5.32 Å². The third-order valence-electron chi connectivity index (χ3n) is 7.04. The normalized spacial score (nSPS) is 25.7. The lowest BCUT2D eigenvalue weighted by Gasteiger charge is -2.21. The quantitative estimate of drug-likeness (QED) is 0.695. The van der Waals surface area contributed by atoms with Gasteiger partial charge in [-0.25, -0.2) is 4.79 Å². The van der Waals surface area contributed by atoms with E-state index in [4.69, 9.17) is 4.74 Å². The molecule has 3 aliphatic carbocycles. The maximum Gasteiger partial charge on any atom is 0.408 e. The van der Waals surface area contributed by atoms with Crippen molar-refractivity contribution in [2.24, 2.45) is 23.7 Å². The molecule has 170 valence electrons. The molecule has 2 aromatic rings. The van der Waals surface area contributed by atoms with Crippen molar-refractivity contribution in [1.29, 1.82) is 0 Å². The Labute approximate surface area is 201 Å². The number of amides is 1. The lowest BCUT2D eigenvalue weighted by Crippen LogP contribution is -2.27. The summed E-state index contributed by atoms with van der Waals surface area (Å²) in [7, 11) is 0. The molecule has 5 rings (SSSR count). The number of benzene rings is 2. The molecule has 1 amide bonds. The predicted molar refractivity (Wildman–Crippen MR) is 130 cm³/mol. The molecule has 1 fully saturated rings. The number of carbonyl (C=O) groups excluding carboxylic acids is 1. The van der Waals surface area contributed by atoms with Gasteiger partial charge >= 0.3 is 6.09 Å². The first-order valence-corrected chi connectivity index (χ1v) is 11.9. The highest BCUT2D eigenvalue weighted by molar-refractivity contribution is 5.68. The lowest BCUT2D eigenvalue weighted by molar-refractivity contribution is 0.0983. The summed E-state index contributed by atoms with van der Waals surface area (Å²) in [5.74, 6) is 20.7. The second-order valence-electron chi connectivity index (χ2n) is 9.06. The van der Waals surface area contributed by atoms with Gasteiger partial charge in [-0.05, 0) is 41.9 Å². The molecule has 1 saturated carbocycles. The topological polar surface area (TPSA) is 58.6 Å². The van der Waals surface area contributed by atoms with Crippen LogP contribution in [0.15, 0.2) is 48.5 Å². The molecule has 3 aliphatic rings. The van der Waals surface area contributed by atoms with Crippen LogP contribution in [0.2, 0.25) is 0 Å². The second-order valence-corrected chi connectivity index (χ2v) is 9.06. The molecular formula is C30H27NO3. The van der Waals surface area contributed by atoms with E-state index in [1.54, 1.807) is 0 Å². The molecule has 5 atom stereocenters. The monoisotopic (exact) mass is 449 g/mol. The van der Waals surface area contributed by atoms with Crippen LogP contribution >= 0.6 is 0 Å². The van der Waals surface area contributed by atoms with Gasteiger partial charge < -0.3 is 15.2 Å². The van der Waals surface area contributed by atoms with Gasteiger partial charge in [0.2, 0.25) is 0 Å². The van der Waals surface area contributed by atoms with E-state index in [1.165, 1.54) is 0 Å². The SMILES string of the molecule is O=C(NCC#CC1CC#CCCC2C(CO)C12)OC1Cc2ccccc2C#Cc2ccccc21. The second kappa shape index (κ2) is 10.1. The minimum absolute atomic E-state index is 0.153. The summed E-state index contributed by atoms with van der Waals surface area (Å²) < 4.78 is 5.86. The molecule has 0 aliphatic heterocycles. The highest BCUT2D eigenvalue weighted by Gasteiger charge is 2.52. The van der Waals surface area contributed by atoms with Gasteiger partial charge in [-0.3, -0.25) is 0 Å². The van der Waals surface area contributed by atoms with Crippen LogP contribution in [0.25, 0.3) is 0 Å². The number of rotatable bonds is 3. The van der Waals surface area contributed by atoms with Crippen molar-refractivity contribution in [3.8, 4) is 35.5 Å². The number of aliphatic hydroxyl groups excluding tert-OH is 1. The Balaban J connectivity index is 1.24. The fourth-order valence-corrected chi connectivity index (χ4v) is 5.26. The van der Waals surface area contributed by atoms with Gasteiger partial charge in [0.15, 0.2) is 0 Å². The minimum atomic E-state index is -0.491. The number of aliphatic hydroxyl groups is 1. The molecule has 0 saturated heterocycles. The van der Waals surface area contributed by atoms with E-state index in [9.17, 15) is 9.90 Å². The van der Waals surface area contributed by atoms with Crippen molar-refractivity contribution in [3.63, 3.8) is 0 Å². The molecule has 0 bridgehead atoms. The van der Waals surface area contributed by atoms with E-state index < -0.39 is 12.2 Å². The number of alkyl carbamates (subject to hydrolysis) is 1. The average molecular weight is 450 g/mol. The van der Waals surface area contributed by atoms with E-state index in [1.807, 2.05) is 48.5 Å². The summed E-state index contributed by atoms with van der Waals surface area (Å²) in [5, 5.41) is 12.4. The number of fused-ring (bicyclic) bond motifs is 3. The van der Waals surface area contributed by atoms with E-state index in [0.717, 1.165) is 41.5 Å². The van der Waals surface area contributed by atoms with Gasteiger partial charge in [0.25, 0.3) is 0 Å². The Kier molecular flexibility index (Phi) is 6.58. The van der Waals surface area contributed by atoms with E-state index in [0.29, 0.717) is 24.2 Å². The Morgan fingerprint density at radius 3 is 2.76 bits per heavy atom. The van der Waals surface area contributed by atoms with Crippen molar-refractivity contribution in [1.82, 2.24) is 5.32 Å². The van der Waals surface area contributed by atoms with Crippen LogP contribution in [0, 0.1) is 59.2 Å². The molecular weight excluding hydrogens is 422 g/mol. The van der Waals surface area contributed by atoms with Gasteiger partial charge in [0.1, 0.15) is 6.10 Å². The maximum atomic E-state index is 12.7. The lowest BCUT2D eigenvalue weighted by atomic mass is 9.92. The van der Waals surface area contributed by atoms with Gasteiger partial charge in [0.05, 0.1) is 6.54 Å². The summed E-state index contributed by atoms with van der Waals surface area (Å²) in [6, 6.07) is 15.8. The van der Waals surface area contributed by atoms with Crippen LogP contribution in [0.5, 0.6) is 0 Å². The summed E-state index contributed by atoms with van der Waals surface area (Å²) in [6.45, 7) is 0.434. The zero-order valence-corrected chi connectivity index (χ0v) is 19.0. The van der Waals surface area contributed by atoms with Crippen molar-refractivity contribution in [2.75, 3.05) is 13.2 Å². The number of hydrogen-bond donors (Lipinski definition) is 2. The van der Waals surface area contributed by atoms with Gasteiger partial charge in [-0.1, -0.05) is 60.1 Å². The predicted octanol–water partition coefficient (Wildman–Crippen LogP) is 4.07. The van der Waals surface area contributed by atoms with Crippen LogP contribution in [0.4, 0.5) is 4.79 Å². The molecule has 0 aromatic heterocycles. The van der Waals surface area contributed by atoms with Crippen LogP contribution in [0.3, 0.4) is 0 Å². The molecule has 2 aromatic carbocycles. The zero-order chi connectivity index (χ0) is 23.3. The number of hydrogen-bond acceptors (Lipinski definition) is 3. The van der Waals surface area contributed by atoms with Crippen LogP contribution in [-0.4, -0.2) is 24.4 Å². The average Bonchev–Trinajstić information content (AvgIpc) is 3.53. The molecule has 2 N–H and O–H groups in total. The van der Waals surface area contributed by atoms with Crippen molar-refractivity contribution < 1.29 is 14.6 Å². The van der Waals surface area contributed by atoms with Gasteiger partial charge in [0, 0.05) is 48.5 Å². The highest BCUT2D eigenvalue weighted by atomic mass is 16.6. The molecule has 34 heavy (non-hydrogen) atoms. The summed E-state index contributed by atoms with van der Waals surface area (Å²) in [6.07, 6.45) is 2.32. The molecule has 0 radical (unpaired) electrons. The van der Waals surface area contributed by atoms with Crippen molar-refractivity contribution in [2.45, 2.75) is 31.8 Å². The number of carbonyl (C=O) groups is 1. The molecule has 5 unspecified atom stereocenters. The summed E-state index contributed by atoms with van der Waals surface area (Å²) in [4.78, 5) is 12.7. The van der Waals surface area contributed by atoms with E-state index in [2.05, 4.69) is 40.8 Å². The first kappa shape index (κ1) is 22.2. The Hall–Kier alpha value is -3.65. The largest absolute Gasteiger partial charge is 0.441 e. The third-order valence-corrected chi connectivity index (χ3v) is 7.04.